The number of piperidine rings is 1. The van der Waals surface area contributed by atoms with Gasteiger partial charge in [0.15, 0.2) is 0 Å². The van der Waals surface area contributed by atoms with Gasteiger partial charge in [0.2, 0.25) is 5.88 Å². The molecule has 7 heteroatoms. The summed E-state index contributed by atoms with van der Waals surface area (Å²) in [5.41, 5.74) is 0.882. The van der Waals surface area contributed by atoms with Crippen molar-refractivity contribution >= 4 is 6.03 Å². The number of nitrogens with zero attached hydrogens (tertiary/aromatic N) is 3. The Morgan fingerprint density at radius 1 is 1.45 bits per heavy atom. The Bertz CT molecular complexity index is 489. The van der Waals surface area contributed by atoms with Crippen LogP contribution < -0.4 is 10.1 Å². The quantitative estimate of drug-likeness (QED) is 0.830. The highest BCUT2D eigenvalue weighted by molar-refractivity contribution is 5.74. The number of aryl methyl sites for hydroxylation is 2. The number of carbonyl (C=O) groups excluding carboxylic acids is 1. The fraction of sp³-hybridized carbons (Fsp3) is 0.667. The molecule has 0 aromatic carbocycles. The Morgan fingerprint density at radius 2 is 2.27 bits per heavy atom. The number of hydrogen-bond acceptors (Lipinski definition) is 5. The summed E-state index contributed by atoms with van der Waals surface area (Å²) in [6.07, 6.45) is 1.81. The smallest absolute Gasteiger partial charge is 0.317 e. The van der Waals surface area contributed by atoms with E-state index in [-0.39, 0.29) is 12.1 Å². The number of rotatable bonds is 5. The van der Waals surface area contributed by atoms with Gasteiger partial charge in [-0.1, -0.05) is 0 Å². The number of likely N-dealkylation sites (tertiary alicyclic amines) is 1. The van der Waals surface area contributed by atoms with Crippen molar-refractivity contribution in [2.45, 2.75) is 32.8 Å². The largest absolute Gasteiger partial charge is 0.472 e. The summed E-state index contributed by atoms with van der Waals surface area (Å²) in [7, 11) is 1.61. The molecule has 7 nitrogen and oxygen atoms in total. The van der Waals surface area contributed by atoms with Gasteiger partial charge < -0.3 is 19.7 Å². The van der Waals surface area contributed by atoms with E-state index in [9.17, 15) is 4.79 Å². The van der Waals surface area contributed by atoms with Crippen LogP contribution in [0.1, 0.15) is 24.4 Å². The van der Waals surface area contributed by atoms with Crippen molar-refractivity contribution in [3.05, 3.63) is 17.6 Å². The van der Waals surface area contributed by atoms with Crippen molar-refractivity contribution in [3.63, 3.8) is 0 Å². The van der Waals surface area contributed by atoms with E-state index in [0.717, 1.165) is 25.1 Å². The summed E-state index contributed by atoms with van der Waals surface area (Å²) in [6, 6.07) is 1.75. The van der Waals surface area contributed by atoms with E-state index in [2.05, 4.69) is 15.3 Å². The molecule has 1 fully saturated rings. The van der Waals surface area contributed by atoms with Gasteiger partial charge in [-0.05, 0) is 26.7 Å². The Hall–Kier alpha value is -1.89. The van der Waals surface area contributed by atoms with Crippen molar-refractivity contribution in [1.82, 2.24) is 20.2 Å². The van der Waals surface area contributed by atoms with Crippen LogP contribution in [0.3, 0.4) is 0 Å². The second-order valence-electron chi connectivity index (χ2n) is 5.45. The molecule has 1 saturated heterocycles. The van der Waals surface area contributed by atoms with Gasteiger partial charge in [0, 0.05) is 32.0 Å². The number of urea groups is 1. The van der Waals surface area contributed by atoms with Gasteiger partial charge >= 0.3 is 6.03 Å². The van der Waals surface area contributed by atoms with Crippen molar-refractivity contribution in [3.8, 4) is 5.88 Å². The minimum atomic E-state index is -0.0691. The molecule has 0 spiro atoms. The lowest BCUT2D eigenvalue weighted by Crippen LogP contribution is -2.49. The zero-order valence-corrected chi connectivity index (χ0v) is 13.5. The van der Waals surface area contributed by atoms with Gasteiger partial charge in [-0.2, -0.15) is 4.98 Å². The highest BCUT2D eigenvalue weighted by atomic mass is 16.5. The summed E-state index contributed by atoms with van der Waals surface area (Å²) >= 11 is 0. The van der Waals surface area contributed by atoms with Crippen LogP contribution in [0.2, 0.25) is 0 Å². The van der Waals surface area contributed by atoms with Gasteiger partial charge in [-0.25, -0.2) is 9.78 Å². The van der Waals surface area contributed by atoms with Crippen LogP contribution in [-0.2, 0) is 4.74 Å². The van der Waals surface area contributed by atoms with E-state index in [1.807, 2.05) is 19.9 Å². The van der Waals surface area contributed by atoms with E-state index in [1.165, 1.54) is 0 Å². The molecule has 1 atom stereocenters. The predicted octanol–water partition coefficient (Wildman–Crippen LogP) is 1.29. The Morgan fingerprint density at radius 3 is 3.00 bits per heavy atom. The first-order chi connectivity index (χ1) is 10.6. The average Bonchev–Trinajstić information content (AvgIpc) is 2.46. The first-order valence-electron chi connectivity index (χ1n) is 7.59. The molecule has 1 aromatic rings. The lowest BCUT2D eigenvalue weighted by atomic mass is 10.1. The van der Waals surface area contributed by atoms with Crippen molar-refractivity contribution < 1.29 is 14.3 Å². The fourth-order valence-electron chi connectivity index (χ4n) is 2.50. The molecule has 1 aliphatic rings. The van der Waals surface area contributed by atoms with Crippen molar-refractivity contribution in [2.75, 3.05) is 33.4 Å². The number of amides is 2. The van der Waals surface area contributed by atoms with Gasteiger partial charge in [-0.15, -0.1) is 0 Å². The van der Waals surface area contributed by atoms with Crippen LogP contribution in [0.25, 0.3) is 0 Å². The average molecular weight is 308 g/mol. The maximum atomic E-state index is 12.1. The van der Waals surface area contributed by atoms with E-state index >= 15 is 0 Å². The third-order valence-electron chi connectivity index (χ3n) is 3.48. The lowest BCUT2D eigenvalue weighted by Gasteiger charge is -2.32. The topological polar surface area (TPSA) is 76.6 Å². The van der Waals surface area contributed by atoms with Crippen LogP contribution in [0.4, 0.5) is 4.79 Å². The third-order valence-corrected chi connectivity index (χ3v) is 3.48. The Labute approximate surface area is 131 Å². The van der Waals surface area contributed by atoms with Crippen LogP contribution >= 0.6 is 0 Å². The Kier molecular flexibility index (Phi) is 5.94. The van der Waals surface area contributed by atoms with E-state index in [1.54, 1.807) is 12.0 Å². The molecule has 2 rings (SSSR count). The first-order valence-corrected chi connectivity index (χ1v) is 7.59. The molecule has 1 N–H and O–H groups in total. The molecule has 0 radical (unpaired) electrons. The first kappa shape index (κ1) is 16.5. The van der Waals surface area contributed by atoms with Crippen molar-refractivity contribution in [2.24, 2.45) is 0 Å². The molecule has 1 unspecified atom stereocenters. The van der Waals surface area contributed by atoms with E-state index in [0.29, 0.717) is 31.4 Å². The number of aromatic nitrogens is 2. The van der Waals surface area contributed by atoms with Gasteiger partial charge in [0.1, 0.15) is 11.9 Å². The number of ether oxygens (including phenoxy) is 2. The third kappa shape index (κ3) is 4.84. The van der Waals surface area contributed by atoms with Gasteiger partial charge in [-0.3, -0.25) is 0 Å². The zero-order chi connectivity index (χ0) is 15.9. The predicted molar refractivity (Wildman–Crippen MR) is 82.0 cm³/mol. The second kappa shape index (κ2) is 7.93. The maximum Gasteiger partial charge on any atom is 0.317 e. The summed E-state index contributed by atoms with van der Waals surface area (Å²) in [4.78, 5) is 22.4. The number of hydrogen-bond donors (Lipinski definition) is 1. The normalized spacial score (nSPS) is 18.1. The van der Waals surface area contributed by atoms with Crippen LogP contribution in [0.15, 0.2) is 6.07 Å². The summed E-state index contributed by atoms with van der Waals surface area (Å²) in [5.74, 6) is 1.27. The molecule has 2 heterocycles. The SMILES string of the molecule is COCCNC(=O)N1CCCC(Oc2cc(C)nc(C)n2)C1. The number of carbonyl (C=O) groups is 1. The Balaban J connectivity index is 1.88. The molecule has 22 heavy (non-hydrogen) atoms. The minimum absolute atomic E-state index is 0.0318. The molecule has 0 bridgehead atoms. The summed E-state index contributed by atoms with van der Waals surface area (Å²) < 4.78 is 10.9. The van der Waals surface area contributed by atoms with E-state index in [4.69, 9.17) is 9.47 Å². The van der Waals surface area contributed by atoms with Crippen molar-refractivity contribution in [1.29, 1.82) is 0 Å². The second-order valence-corrected chi connectivity index (χ2v) is 5.45. The fourth-order valence-corrected chi connectivity index (χ4v) is 2.50. The highest BCUT2D eigenvalue weighted by Gasteiger charge is 2.25. The summed E-state index contributed by atoms with van der Waals surface area (Å²) in [5, 5.41) is 2.84. The highest BCUT2D eigenvalue weighted by Crippen LogP contribution is 2.17. The molecular formula is C15H24N4O3. The molecule has 0 aliphatic carbocycles. The van der Waals surface area contributed by atoms with Crippen LogP contribution in [0, 0.1) is 13.8 Å². The molecule has 2 amide bonds. The maximum absolute atomic E-state index is 12.1. The summed E-state index contributed by atoms with van der Waals surface area (Å²) in [6.45, 7) is 6.11. The molecule has 1 aromatic heterocycles. The standard InChI is InChI=1S/C15H24N4O3/c1-11-9-14(18-12(2)17-11)22-13-5-4-7-19(10-13)15(20)16-6-8-21-3/h9,13H,4-8,10H2,1-3H3,(H,16,20). The lowest BCUT2D eigenvalue weighted by molar-refractivity contribution is 0.0964. The molecular weight excluding hydrogens is 284 g/mol. The van der Waals surface area contributed by atoms with Gasteiger partial charge in [0.25, 0.3) is 0 Å². The molecule has 0 saturated carbocycles. The monoisotopic (exact) mass is 308 g/mol. The minimum Gasteiger partial charge on any atom is -0.472 e. The molecule has 1 aliphatic heterocycles. The number of nitrogens with one attached hydrogen (secondary N) is 1. The van der Waals surface area contributed by atoms with Gasteiger partial charge in [0.05, 0.1) is 13.2 Å². The van der Waals surface area contributed by atoms with E-state index < -0.39 is 0 Å². The zero-order valence-electron chi connectivity index (χ0n) is 13.5. The van der Waals surface area contributed by atoms with Crippen LogP contribution in [0.5, 0.6) is 5.88 Å². The number of methoxy groups -OCH3 is 1. The van der Waals surface area contributed by atoms with Crippen LogP contribution in [-0.4, -0.2) is 60.4 Å². The molecule has 122 valence electrons.